The zero-order valence-corrected chi connectivity index (χ0v) is 23.0. The lowest BCUT2D eigenvalue weighted by Crippen LogP contribution is -2.33. The van der Waals surface area contributed by atoms with Gasteiger partial charge in [0.25, 0.3) is 0 Å². The van der Waals surface area contributed by atoms with Crippen molar-refractivity contribution in [1.29, 1.82) is 0 Å². The highest BCUT2D eigenvalue weighted by Gasteiger charge is 2.22. The Morgan fingerprint density at radius 2 is 1.90 bits per heavy atom. The average molecular weight is 557 g/mol. The Hall–Kier alpha value is -3.63. The number of nitrogens with one attached hydrogen (secondary N) is 1. The Morgan fingerprint density at radius 3 is 2.64 bits per heavy atom. The number of carbonyl (C=O) groups is 1. The van der Waals surface area contributed by atoms with E-state index in [1.165, 1.54) is 12.3 Å². The molecule has 1 unspecified atom stereocenters. The molecule has 1 N–H and O–H groups in total. The molecule has 2 heterocycles. The van der Waals surface area contributed by atoms with Crippen molar-refractivity contribution < 1.29 is 31.7 Å². The fraction of sp³-hybridized carbons (Fsp3) is 0.310. The smallest absolute Gasteiger partial charge is 0.310 e. The zero-order chi connectivity index (χ0) is 28.2. The molecule has 0 aliphatic rings. The van der Waals surface area contributed by atoms with E-state index in [-0.39, 0.29) is 54.4 Å². The van der Waals surface area contributed by atoms with Crippen molar-refractivity contribution in [2.45, 2.75) is 52.0 Å². The van der Waals surface area contributed by atoms with Gasteiger partial charge in [0.1, 0.15) is 24.2 Å². The summed E-state index contributed by atoms with van der Waals surface area (Å²) in [5.74, 6) is -1.11. The van der Waals surface area contributed by atoms with E-state index in [4.69, 9.17) is 13.9 Å². The minimum absolute atomic E-state index is 0.0269. The molecule has 39 heavy (non-hydrogen) atoms. The number of furan rings is 1. The number of halogens is 2. The lowest BCUT2D eigenvalue weighted by molar-refractivity contribution is -0.142. The normalized spacial score (nSPS) is 12.5. The number of esters is 1. The van der Waals surface area contributed by atoms with Crippen LogP contribution in [0, 0.1) is 11.6 Å². The van der Waals surface area contributed by atoms with Crippen LogP contribution in [0.2, 0.25) is 0 Å². The molecule has 0 bridgehead atoms. The standard InChI is InChI=1S/C29H30F2N2O5S/c1-5-36-26(34)14-19-8-6-7-9-25(19)37-16-18-12-21(28-22(13-18)23(30)17-38-28)20-10-11-32-24(27(20)31)15-33-39(35)29(2,3)4/h6-13,17,33H,5,14-16H2,1-4H3. The summed E-state index contributed by atoms with van der Waals surface area (Å²) in [5.41, 5.74) is 1.95. The zero-order valence-electron chi connectivity index (χ0n) is 22.2. The van der Waals surface area contributed by atoms with Crippen molar-refractivity contribution >= 4 is 27.9 Å². The number of benzene rings is 2. The largest absolute Gasteiger partial charge is 0.489 e. The quantitative estimate of drug-likeness (QED) is 0.241. The van der Waals surface area contributed by atoms with Gasteiger partial charge in [-0.3, -0.25) is 9.78 Å². The van der Waals surface area contributed by atoms with E-state index in [0.717, 1.165) is 6.26 Å². The highest BCUT2D eigenvalue weighted by atomic mass is 32.2. The van der Waals surface area contributed by atoms with Crippen LogP contribution in [0.5, 0.6) is 5.75 Å². The lowest BCUT2D eigenvalue weighted by Gasteiger charge is -2.18. The van der Waals surface area contributed by atoms with Crippen LogP contribution in [0.25, 0.3) is 22.1 Å². The van der Waals surface area contributed by atoms with Crippen LogP contribution in [-0.2, 0) is 40.1 Å². The summed E-state index contributed by atoms with van der Waals surface area (Å²) in [7, 11) is -1.42. The molecule has 2 aromatic carbocycles. The Balaban J connectivity index is 1.65. The van der Waals surface area contributed by atoms with Gasteiger partial charge < -0.3 is 13.9 Å². The summed E-state index contributed by atoms with van der Waals surface area (Å²) >= 11 is 0. The summed E-state index contributed by atoms with van der Waals surface area (Å²) in [6.45, 7) is 7.40. The highest BCUT2D eigenvalue weighted by Crippen LogP contribution is 2.35. The van der Waals surface area contributed by atoms with E-state index >= 15 is 4.39 Å². The van der Waals surface area contributed by atoms with Gasteiger partial charge in [0.2, 0.25) is 0 Å². The molecule has 7 nitrogen and oxygen atoms in total. The van der Waals surface area contributed by atoms with Crippen molar-refractivity contribution in [2.24, 2.45) is 0 Å². The third kappa shape index (κ3) is 6.69. The van der Waals surface area contributed by atoms with Crippen LogP contribution >= 0.6 is 0 Å². The molecule has 4 rings (SSSR count). The first kappa shape index (κ1) is 28.4. The van der Waals surface area contributed by atoms with Crippen LogP contribution in [0.3, 0.4) is 0 Å². The maximum Gasteiger partial charge on any atom is 0.310 e. The fourth-order valence-corrected chi connectivity index (χ4v) is 4.64. The number of aromatic nitrogens is 1. The predicted octanol–water partition coefficient (Wildman–Crippen LogP) is 6.01. The summed E-state index contributed by atoms with van der Waals surface area (Å²) in [5, 5.41) is 0.177. The molecule has 0 aliphatic heterocycles. The number of hydrogen-bond acceptors (Lipinski definition) is 6. The number of fused-ring (bicyclic) bond motifs is 1. The second kappa shape index (κ2) is 12.0. The molecule has 0 fully saturated rings. The number of carbonyl (C=O) groups excluding carboxylic acids is 1. The summed E-state index contributed by atoms with van der Waals surface area (Å²) < 4.78 is 61.4. The van der Waals surface area contributed by atoms with E-state index in [9.17, 15) is 13.4 Å². The second-order valence-electron chi connectivity index (χ2n) is 9.80. The molecule has 2 aromatic heterocycles. The fourth-order valence-electron chi connectivity index (χ4n) is 3.94. The highest BCUT2D eigenvalue weighted by molar-refractivity contribution is 7.84. The van der Waals surface area contributed by atoms with Gasteiger partial charge in [0.05, 0.1) is 46.4 Å². The van der Waals surface area contributed by atoms with Crippen molar-refractivity contribution in [3.05, 3.63) is 83.4 Å². The van der Waals surface area contributed by atoms with E-state index in [1.807, 2.05) is 0 Å². The second-order valence-corrected chi connectivity index (χ2v) is 11.9. The van der Waals surface area contributed by atoms with Gasteiger partial charge >= 0.3 is 5.97 Å². The van der Waals surface area contributed by atoms with Crippen molar-refractivity contribution in [3.8, 4) is 16.9 Å². The first-order chi connectivity index (χ1) is 18.6. The lowest BCUT2D eigenvalue weighted by atomic mass is 10.00. The molecule has 0 aliphatic carbocycles. The minimum atomic E-state index is -1.42. The number of ether oxygens (including phenoxy) is 2. The molecule has 0 saturated heterocycles. The Morgan fingerprint density at radius 1 is 1.13 bits per heavy atom. The maximum absolute atomic E-state index is 15.6. The number of pyridine rings is 1. The Kier molecular flexibility index (Phi) is 8.76. The third-order valence-electron chi connectivity index (χ3n) is 5.87. The van der Waals surface area contributed by atoms with Gasteiger partial charge in [-0.1, -0.05) is 18.2 Å². The SMILES string of the molecule is CCOC(=O)Cc1ccccc1OCc1cc(-c2ccnc(CNS(=O)C(C)(C)C)c2F)c2occ(F)c2c1. The molecule has 206 valence electrons. The molecule has 10 heteroatoms. The molecule has 0 spiro atoms. The number of hydrogen-bond donors (Lipinski definition) is 1. The molecule has 0 amide bonds. The molecule has 0 saturated carbocycles. The topological polar surface area (TPSA) is 90.7 Å². The number of rotatable bonds is 10. The van der Waals surface area contributed by atoms with Gasteiger partial charge in [-0.15, -0.1) is 0 Å². The van der Waals surface area contributed by atoms with Crippen LogP contribution in [-0.4, -0.2) is 26.5 Å². The molecule has 4 aromatic rings. The molecular weight excluding hydrogens is 526 g/mol. The minimum Gasteiger partial charge on any atom is -0.489 e. The third-order valence-corrected chi connectivity index (χ3v) is 7.39. The number of para-hydroxylation sites is 1. The van der Waals surface area contributed by atoms with Crippen LogP contribution in [0.15, 0.2) is 59.3 Å². The van der Waals surface area contributed by atoms with Gasteiger partial charge in [-0.25, -0.2) is 17.7 Å². The average Bonchev–Trinajstić information content (AvgIpc) is 3.27. The van der Waals surface area contributed by atoms with Crippen LogP contribution in [0.4, 0.5) is 8.78 Å². The first-order valence-electron chi connectivity index (χ1n) is 12.4. The molecule has 0 radical (unpaired) electrons. The van der Waals surface area contributed by atoms with Gasteiger partial charge in [-0.05, 0) is 57.5 Å². The van der Waals surface area contributed by atoms with E-state index < -0.39 is 27.4 Å². The molecular formula is C29H30F2N2O5S. The Labute approximate surface area is 228 Å². The monoisotopic (exact) mass is 556 g/mol. The van der Waals surface area contributed by atoms with Gasteiger partial charge in [-0.2, -0.15) is 0 Å². The summed E-state index contributed by atoms with van der Waals surface area (Å²) in [6.07, 6.45) is 2.46. The van der Waals surface area contributed by atoms with E-state index in [0.29, 0.717) is 22.4 Å². The van der Waals surface area contributed by atoms with Gasteiger partial charge in [0, 0.05) is 22.9 Å². The number of nitrogens with zero attached hydrogens (tertiary/aromatic N) is 1. The summed E-state index contributed by atoms with van der Waals surface area (Å²) in [4.78, 5) is 16.1. The van der Waals surface area contributed by atoms with Crippen LogP contribution < -0.4 is 9.46 Å². The van der Waals surface area contributed by atoms with Crippen molar-refractivity contribution in [2.75, 3.05) is 6.61 Å². The first-order valence-corrected chi connectivity index (χ1v) is 13.6. The predicted molar refractivity (Wildman–Crippen MR) is 145 cm³/mol. The van der Waals surface area contributed by atoms with E-state index in [1.54, 1.807) is 64.1 Å². The van der Waals surface area contributed by atoms with Crippen molar-refractivity contribution in [3.63, 3.8) is 0 Å². The molecule has 1 atom stereocenters. The summed E-state index contributed by atoms with van der Waals surface area (Å²) in [6, 6.07) is 11.8. The van der Waals surface area contributed by atoms with Crippen LogP contribution in [0.1, 0.15) is 44.5 Å². The van der Waals surface area contributed by atoms with Crippen molar-refractivity contribution in [1.82, 2.24) is 9.71 Å². The Bertz CT molecular complexity index is 1510. The van der Waals surface area contributed by atoms with Gasteiger partial charge in [0.15, 0.2) is 11.6 Å². The van der Waals surface area contributed by atoms with E-state index in [2.05, 4.69) is 9.71 Å². The maximum atomic E-state index is 15.6.